The van der Waals surface area contributed by atoms with Gasteiger partial charge in [-0.05, 0) is 0 Å². The van der Waals surface area contributed by atoms with Gasteiger partial charge >= 0.3 is 5.69 Å². The number of nitrogens with zero attached hydrogens (tertiary/aromatic N) is 2. The van der Waals surface area contributed by atoms with Crippen molar-refractivity contribution in [2.75, 3.05) is 0 Å². The second-order valence-electron chi connectivity index (χ2n) is 2.38. The summed E-state index contributed by atoms with van der Waals surface area (Å²) in [4.78, 5) is 19.1. The summed E-state index contributed by atoms with van der Waals surface area (Å²) in [6.07, 6.45) is 0. The molecule has 1 aromatic carbocycles. The summed E-state index contributed by atoms with van der Waals surface area (Å²) >= 11 is 0. The van der Waals surface area contributed by atoms with Gasteiger partial charge in [-0.1, -0.05) is 0 Å². The number of non-ortho nitro benzene ring substituents is 1. The van der Waals surface area contributed by atoms with E-state index in [4.69, 9.17) is 0 Å². The Morgan fingerprint density at radius 2 is 1.79 bits per heavy atom. The minimum Gasteiger partial charge on any atom is -0.630 e. The lowest BCUT2D eigenvalue weighted by Gasteiger charge is -2.01. The molecule has 0 heterocycles. The lowest BCUT2D eigenvalue weighted by molar-refractivity contribution is -0.507. The van der Waals surface area contributed by atoms with E-state index in [1.807, 2.05) is 0 Å². The average Bonchev–Trinajstić information content (AvgIpc) is 2.16. The molecule has 0 bridgehead atoms. The third kappa shape index (κ3) is 1.81. The number of nitro groups is 2. The molecule has 14 heavy (non-hydrogen) atoms. The van der Waals surface area contributed by atoms with Crippen LogP contribution in [-0.2, 0) is 0 Å². The van der Waals surface area contributed by atoms with E-state index >= 15 is 0 Å². The predicted molar refractivity (Wildman–Crippen MR) is 44.7 cm³/mol. The van der Waals surface area contributed by atoms with Crippen molar-refractivity contribution in [3.05, 3.63) is 43.6 Å². The molecule has 1 aromatic rings. The Kier molecular flexibility index (Phi) is 2.70. The Bertz CT molecular complexity index is 391. The number of rotatable bonds is 3. The highest BCUT2D eigenvalue weighted by molar-refractivity contribution is 5.57. The molecule has 0 saturated carbocycles. The molecular formula is C6H5N3O5. The van der Waals surface area contributed by atoms with Gasteiger partial charge in [-0.3, -0.25) is 20.2 Å². The van der Waals surface area contributed by atoms with Crippen molar-refractivity contribution in [3.63, 3.8) is 0 Å². The summed E-state index contributed by atoms with van der Waals surface area (Å²) in [6, 6.07) is 2.84. The molecule has 2 N–H and O–H groups in total. The Morgan fingerprint density at radius 1 is 1.14 bits per heavy atom. The van der Waals surface area contributed by atoms with Crippen LogP contribution in [0.3, 0.4) is 0 Å². The number of quaternary nitrogens is 1. The number of benzene rings is 1. The van der Waals surface area contributed by atoms with Crippen molar-refractivity contribution in [2.24, 2.45) is 0 Å². The number of hydrogen-bond donors (Lipinski definition) is 1. The molecule has 8 nitrogen and oxygen atoms in total. The molecule has 0 amide bonds. The Morgan fingerprint density at radius 3 is 2.21 bits per heavy atom. The van der Waals surface area contributed by atoms with Crippen LogP contribution in [0.2, 0.25) is 0 Å². The summed E-state index contributed by atoms with van der Waals surface area (Å²) in [5.74, 6) is 0. The zero-order valence-electron chi connectivity index (χ0n) is 6.75. The number of hydrogen-bond acceptors (Lipinski definition) is 5. The van der Waals surface area contributed by atoms with Crippen molar-refractivity contribution in [2.45, 2.75) is 0 Å². The summed E-state index contributed by atoms with van der Waals surface area (Å²) < 4.78 is 0. The van der Waals surface area contributed by atoms with E-state index < -0.39 is 21.2 Å². The van der Waals surface area contributed by atoms with Crippen LogP contribution in [0.4, 0.5) is 17.1 Å². The van der Waals surface area contributed by atoms with Crippen LogP contribution < -0.4 is 5.48 Å². The van der Waals surface area contributed by atoms with E-state index in [0.29, 0.717) is 0 Å². The summed E-state index contributed by atoms with van der Waals surface area (Å²) in [5.41, 5.74) is -0.876. The highest BCUT2D eigenvalue weighted by atomic mass is 16.6. The van der Waals surface area contributed by atoms with Gasteiger partial charge in [0.2, 0.25) is 5.69 Å². The maximum atomic E-state index is 10.4. The fourth-order valence-corrected chi connectivity index (χ4v) is 0.903. The van der Waals surface area contributed by atoms with E-state index in [0.717, 1.165) is 18.2 Å². The molecule has 74 valence electrons. The van der Waals surface area contributed by atoms with E-state index in [1.54, 1.807) is 0 Å². The minimum atomic E-state index is -0.837. The molecule has 8 heteroatoms. The molecule has 0 atom stereocenters. The first-order valence-electron chi connectivity index (χ1n) is 3.44. The highest BCUT2D eigenvalue weighted by Gasteiger charge is 2.20. The average molecular weight is 199 g/mol. The fourth-order valence-electron chi connectivity index (χ4n) is 0.903. The molecule has 0 aliphatic carbocycles. The second-order valence-corrected chi connectivity index (χ2v) is 2.38. The monoisotopic (exact) mass is 199 g/mol. The zero-order valence-corrected chi connectivity index (χ0v) is 6.75. The van der Waals surface area contributed by atoms with Gasteiger partial charge in [-0.15, -0.1) is 0 Å². The topological polar surface area (TPSA) is 126 Å². The van der Waals surface area contributed by atoms with Crippen LogP contribution in [0.1, 0.15) is 0 Å². The normalized spacial score (nSPS) is 9.79. The van der Waals surface area contributed by atoms with E-state index in [9.17, 15) is 25.4 Å². The summed E-state index contributed by atoms with van der Waals surface area (Å²) in [6.45, 7) is 0. The Labute approximate surface area is 77.0 Å². The van der Waals surface area contributed by atoms with Crippen molar-refractivity contribution >= 4 is 17.1 Å². The highest BCUT2D eigenvalue weighted by Crippen LogP contribution is 2.25. The van der Waals surface area contributed by atoms with Crippen molar-refractivity contribution < 1.29 is 15.3 Å². The van der Waals surface area contributed by atoms with Gasteiger partial charge in [0, 0.05) is 12.1 Å². The third-order valence-corrected chi connectivity index (χ3v) is 1.55. The first-order chi connectivity index (χ1) is 6.56. The molecule has 0 radical (unpaired) electrons. The van der Waals surface area contributed by atoms with Crippen molar-refractivity contribution in [1.29, 1.82) is 0 Å². The lowest BCUT2D eigenvalue weighted by Crippen LogP contribution is -2.70. The fraction of sp³-hybridized carbons (Fsp3) is 0. The SMILES string of the molecule is O=[N+]([O-])c1ccc([NH2+][O-])c([N+](=O)[O-])c1. The van der Waals surface area contributed by atoms with Crippen LogP contribution >= 0.6 is 0 Å². The van der Waals surface area contributed by atoms with Gasteiger partial charge in [0.25, 0.3) is 5.69 Å². The van der Waals surface area contributed by atoms with Gasteiger partial charge in [0.1, 0.15) is 6.07 Å². The first-order valence-corrected chi connectivity index (χ1v) is 3.44. The smallest absolute Gasteiger partial charge is 0.336 e. The predicted octanol–water partition coefficient (Wildman–Crippen LogP) is 0.196. The molecule has 0 saturated heterocycles. The van der Waals surface area contributed by atoms with E-state index in [2.05, 4.69) is 0 Å². The zero-order chi connectivity index (χ0) is 10.7. The molecule has 0 spiro atoms. The summed E-state index contributed by atoms with van der Waals surface area (Å²) in [5, 5.41) is 31.0. The van der Waals surface area contributed by atoms with Crippen molar-refractivity contribution in [3.8, 4) is 0 Å². The minimum absolute atomic E-state index is 0.180. The molecule has 0 aliphatic heterocycles. The van der Waals surface area contributed by atoms with E-state index in [1.165, 1.54) is 0 Å². The van der Waals surface area contributed by atoms with Crippen LogP contribution in [0.25, 0.3) is 0 Å². The van der Waals surface area contributed by atoms with Crippen LogP contribution in [-0.4, -0.2) is 9.85 Å². The van der Waals surface area contributed by atoms with Crippen molar-refractivity contribution in [1.82, 2.24) is 0 Å². The maximum Gasteiger partial charge on any atom is 0.336 e. The Hall–Kier alpha value is -2.06. The molecule has 0 unspecified atom stereocenters. The van der Waals surface area contributed by atoms with Gasteiger partial charge < -0.3 is 10.7 Å². The van der Waals surface area contributed by atoms with Gasteiger partial charge in [0.05, 0.1) is 9.85 Å². The molecular weight excluding hydrogens is 194 g/mol. The van der Waals surface area contributed by atoms with Crippen LogP contribution in [0, 0.1) is 25.4 Å². The molecule has 0 aromatic heterocycles. The molecule has 0 fully saturated rings. The quantitative estimate of drug-likeness (QED) is 0.422. The Balaban J connectivity index is 3.27. The van der Waals surface area contributed by atoms with Gasteiger partial charge in [0.15, 0.2) is 0 Å². The standard InChI is InChI=1S/C6H5N3O5/c10-7-5-2-1-4(8(11)12)3-6(5)9(13)14/h1-3H,7H2. The van der Waals surface area contributed by atoms with Gasteiger partial charge in [-0.25, -0.2) is 0 Å². The maximum absolute atomic E-state index is 10.4. The number of nitro benzene ring substituents is 2. The molecule has 1 rings (SSSR count). The largest absolute Gasteiger partial charge is 0.630 e. The third-order valence-electron chi connectivity index (χ3n) is 1.55. The number of nitrogens with two attached hydrogens (primary N) is 1. The second kappa shape index (κ2) is 3.77. The van der Waals surface area contributed by atoms with Crippen LogP contribution in [0.5, 0.6) is 0 Å². The van der Waals surface area contributed by atoms with Crippen LogP contribution in [0.15, 0.2) is 18.2 Å². The first kappa shape index (κ1) is 10.0. The lowest BCUT2D eigenvalue weighted by atomic mass is 10.2. The van der Waals surface area contributed by atoms with E-state index in [-0.39, 0.29) is 11.2 Å². The molecule has 0 aliphatic rings. The summed E-state index contributed by atoms with van der Waals surface area (Å²) in [7, 11) is 0. The van der Waals surface area contributed by atoms with Gasteiger partial charge in [-0.2, -0.15) is 0 Å².